The number of hydrogen-bond donors (Lipinski definition) is 1. The van der Waals surface area contributed by atoms with E-state index in [0.717, 1.165) is 0 Å². The SMILES string of the molecule is OCC(F)(F)c1ccc(F)cc1F. The summed E-state index contributed by atoms with van der Waals surface area (Å²) in [5, 5.41) is 8.23. The molecule has 5 heteroatoms. The van der Waals surface area contributed by atoms with Crippen molar-refractivity contribution in [2.45, 2.75) is 5.92 Å². The molecule has 0 aliphatic heterocycles. The van der Waals surface area contributed by atoms with E-state index in [1.807, 2.05) is 0 Å². The van der Waals surface area contributed by atoms with Crippen LogP contribution in [0.1, 0.15) is 5.56 Å². The van der Waals surface area contributed by atoms with E-state index >= 15 is 0 Å². The minimum atomic E-state index is -3.67. The van der Waals surface area contributed by atoms with E-state index in [4.69, 9.17) is 5.11 Å². The molecule has 0 amide bonds. The minimum Gasteiger partial charge on any atom is -0.390 e. The molecule has 0 aliphatic carbocycles. The van der Waals surface area contributed by atoms with Gasteiger partial charge in [0.15, 0.2) is 0 Å². The van der Waals surface area contributed by atoms with Crippen molar-refractivity contribution in [2.75, 3.05) is 6.61 Å². The van der Waals surface area contributed by atoms with Crippen LogP contribution in [0.15, 0.2) is 18.2 Å². The van der Waals surface area contributed by atoms with Gasteiger partial charge in [-0.1, -0.05) is 0 Å². The highest BCUT2D eigenvalue weighted by molar-refractivity contribution is 5.23. The Kier molecular flexibility index (Phi) is 2.56. The number of halogens is 4. The Hall–Kier alpha value is -1.10. The van der Waals surface area contributed by atoms with Crippen LogP contribution >= 0.6 is 0 Å². The number of benzene rings is 1. The molecule has 0 saturated carbocycles. The molecule has 0 radical (unpaired) electrons. The summed E-state index contributed by atoms with van der Waals surface area (Å²) in [7, 11) is 0. The first kappa shape index (κ1) is 9.98. The van der Waals surface area contributed by atoms with E-state index in [9.17, 15) is 17.6 Å². The van der Waals surface area contributed by atoms with E-state index in [-0.39, 0.29) is 0 Å². The van der Waals surface area contributed by atoms with Gasteiger partial charge in [0.2, 0.25) is 0 Å². The van der Waals surface area contributed by atoms with Crippen molar-refractivity contribution in [3.8, 4) is 0 Å². The Bertz CT molecular complexity index is 311. The van der Waals surface area contributed by atoms with Gasteiger partial charge < -0.3 is 5.11 Å². The molecule has 72 valence electrons. The van der Waals surface area contributed by atoms with Gasteiger partial charge in [0.25, 0.3) is 5.92 Å². The molecule has 0 atom stereocenters. The Labute approximate surface area is 71.6 Å². The first-order valence-corrected chi connectivity index (χ1v) is 3.41. The zero-order valence-electron chi connectivity index (χ0n) is 6.40. The van der Waals surface area contributed by atoms with Crippen molar-refractivity contribution in [3.63, 3.8) is 0 Å². The van der Waals surface area contributed by atoms with Gasteiger partial charge in [0.1, 0.15) is 18.2 Å². The zero-order valence-corrected chi connectivity index (χ0v) is 6.40. The van der Waals surface area contributed by atoms with Crippen LogP contribution in [-0.4, -0.2) is 11.7 Å². The minimum absolute atomic E-state index is 0.346. The number of rotatable bonds is 2. The van der Waals surface area contributed by atoms with Crippen LogP contribution < -0.4 is 0 Å². The molecule has 0 bridgehead atoms. The van der Waals surface area contributed by atoms with Crippen LogP contribution in [0.3, 0.4) is 0 Å². The second-order valence-corrected chi connectivity index (χ2v) is 2.49. The maximum atomic E-state index is 12.7. The van der Waals surface area contributed by atoms with Gasteiger partial charge in [0.05, 0.1) is 5.56 Å². The van der Waals surface area contributed by atoms with E-state index in [1.54, 1.807) is 0 Å². The smallest absolute Gasteiger partial charge is 0.298 e. The molecule has 0 heterocycles. The third kappa shape index (κ3) is 1.98. The molecule has 1 nitrogen and oxygen atoms in total. The standard InChI is InChI=1S/C8H6F4O/c9-5-1-2-6(7(10)3-5)8(11,12)4-13/h1-3,13H,4H2. The van der Waals surface area contributed by atoms with Crippen molar-refractivity contribution in [1.82, 2.24) is 0 Å². The molecular formula is C8H6F4O. The Morgan fingerprint density at radius 3 is 2.31 bits per heavy atom. The number of aliphatic hydroxyl groups excluding tert-OH is 1. The van der Waals surface area contributed by atoms with Crippen LogP contribution in [0.5, 0.6) is 0 Å². The summed E-state index contributed by atoms with van der Waals surface area (Å²) < 4.78 is 50.3. The lowest BCUT2D eigenvalue weighted by Crippen LogP contribution is -2.20. The van der Waals surface area contributed by atoms with Crippen LogP contribution in [-0.2, 0) is 5.92 Å². The number of aliphatic hydroxyl groups is 1. The van der Waals surface area contributed by atoms with Crippen molar-refractivity contribution >= 4 is 0 Å². The lowest BCUT2D eigenvalue weighted by molar-refractivity contribution is -0.0583. The van der Waals surface area contributed by atoms with Gasteiger partial charge >= 0.3 is 0 Å². The van der Waals surface area contributed by atoms with Gasteiger partial charge in [0, 0.05) is 6.07 Å². The van der Waals surface area contributed by atoms with Crippen LogP contribution in [0, 0.1) is 11.6 Å². The third-order valence-electron chi connectivity index (χ3n) is 1.52. The van der Waals surface area contributed by atoms with Crippen LogP contribution in [0.4, 0.5) is 17.6 Å². The Morgan fingerprint density at radius 1 is 1.23 bits per heavy atom. The van der Waals surface area contributed by atoms with Gasteiger partial charge in [-0.15, -0.1) is 0 Å². The molecule has 0 saturated heterocycles. The molecule has 0 aliphatic rings. The molecule has 0 unspecified atom stereocenters. The predicted octanol–water partition coefficient (Wildman–Crippen LogP) is 2.05. The maximum absolute atomic E-state index is 12.7. The van der Waals surface area contributed by atoms with E-state index < -0.39 is 29.7 Å². The summed E-state index contributed by atoms with van der Waals surface area (Å²) >= 11 is 0. The van der Waals surface area contributed by atoms with E-state index in [0.29, 0.717) is 18.2 Å². The van der Waals surface area contributed by atoms with Crippen LogP contribution in [0.25, 0.3) is 0 Å². The second kappa shape index (κ2) is 3.33. The molecule has 0 spiro atoms. The molecule has 0 aromatic heterocycles. The fourth-order valence-corrected chi connectivity index (χ4v) is 0.871. The molecule has 13 heavy (non-hydrogen) atoms. The molecule has 1 rings (SSSR count). The molecule has 0 fully saturated rings. The summed E-state index contributed by atoms with van der Waals surface area (Å²) in [6.07, 6.45) is 0. The van der Waals surface area contributed by atoms with Gasteiger partial charge in [-0.3, -0.25) is 0 Å². The van der Waals surface area contributed by atoms with Crippen molar-refractivity contribution < 1.29 is 22.7 Å². The Morgan fingerprint density at radius 2 is 1.85 bits per heavy atom. The predicted molar refractivity (Wildman–Crippen MR) is 37.3 cm³/mol. The highest BCUT2D eigenvalue weighted by atomic mass is 19.3. The average Bonchev–Trinajstić information content (AvgIpc) is 2.03. The number of hydrogen-bond acceptors (Lipinski definition) is 1. The van der Waals surface area contributed by atoms with Gasteiger partial charge in [-0.2, -0.15) is 8.78 Å². The lowest BCUT2D eigenvalue weighted by atomic mass is 10.1. The van der Waals surface area contributed by atoms with Crippen molar-refractivity contribution in [3.05, 3.63) is 35.4 Å². The fraction of sp³-hybridized carbons (Fsp3) is 0.250. The lowest BCUT2D eigenvalue weighted by Gasteiger charge is -2.13. The van der Waals surface area contributed by atoms with Gasteiger partial charge in [-0.25, -0.2) is 8.78 Å². The molecular weight excluding hydrogens is 188 g/mol. The second-order valence-electron chi connectivity index (χ2n) is 2.49. The first-order chi connectivity index (χ1) is 5.97. The monoisotopic (exact) mass is 194 g/mol. The normalized spacial score (nSPS) is 11.8. The van der Waals surface area contributed by atoms with Crippen molar-refractivity contribution in [2.24, 2.45) is 0 Å². The third-order valence-corrected chi connectivity index (χ3v) is 1.52. The highest BCUT2D eigenvalue weighted by Crippen LogP contribution is 2.29. The van der Waals surface area contributed by atoms with Crippen molar-refractivity contribution in [1.29, 1.82) is 0 Å². The summed E-state index contributed by atoms with van der Waals surface area (Å²) in [6, 6.07) is 1.67. The topological polar surface area (TPSA) is 20.2 Å². The van der Waals surface area contributed by atoms with Gasteiger partial charge in [-0.05, 0) is 12.1 Å². The summed E-state index contributed by atoms with van der Waals surface area (Å²) in [5.41, 5.74) is -1.00. The Balaban J connectivity index is 3.16. The quantitative estimate of drug-likeness (QED) is 0.714. The summed E-state index contributed by atoms with van der Waals surface area (Å²) in [6.45, 7) is -1.50. The van der Waals surface area contributed by atoms with E-state index in [1.165, 1.54) is 0 Å². The fourth-order valence-electron chi connectivity index (χ4n) is 0.871. The average molecular weight is 194 g/mol. The molecule has 1 aromatic rings. The first-order valence-electron chi connectivity index (χ1n) is 3.41. The zero-order chi connectivity index (χ0) is 10.1. The maximum Gasteiger partial charge on any atom is 0.298 e. The largest absolute Gasteiger partial charge is 0.390 e. The highest BCUT2D eigenvalue weighted by Gasteiger charge is 2.33. The van der Waals surface area contributed by atoms with Crippen LogP contribution in [0.2, 0.25) is 0 Å². The number of alkyl halides is 2. The van der Waals surface area contributed by atoms with E-state index in [2.05, 4.69) is 0 Å². The molecule has 1 aromatic carbocycles. The summed E-state index contributed by atoms with van der Waals surface area (Å²) in [4.78, 5) is 0. The molecule has 1 N–H and O–H groups in total. The summed E-state index contributed by atoms with van der Waals surface area (Å²) in [5.74, 6) is -5.97.